The van der Waals surface area contributed by atoms with Gasteiger partial charge in [-0.3, -0.25) is 23.5 Å². The van der Waals surface area contributed by atoms with E-state index in [0.717, 1.165) is 98.3 Å². The number of aryl methyl sites for hydroxylation is 2. The van der Waals surface area contributed by atoms with Gasteiger partial charge in [-0.1, -0.05) is 79.3 Å². The minimum absolute atomic E-state index is 0.0176. The Morgan fingerprint density at radius 1 is 0.592 bits per heavy atom. The van der Waals surface area contributed by atoms with Crippen molar-refractivity contribution in [2.75, 3.05) is 0 Å². The highest BCUT2D eigenvalue weighted by atomic mass is 16.1. The highest BCUT2D eigenvalue weighted by molar-refractivity contribution is 6.00. The summed E-state index contributed by atoms with van der Waals surface area (Å²) in [4.78, 5) is 47.5. The van der Waals surface area contributed by atoms with Crippen LogP contribution in [0.25, 0.3) is 21.8 Å². The molecule has 0 radical (unpaired) electrons. The normalized spacial score (nSPS) is 13.9. The third-order valence-electron chi connectivity index (χ3n) is 9.29. The Balaban J connectivity index is 0.000000154. The molecule has 0 fully saturated rings. The number of nitrogens with zero attached hydrogens (tertiary/aromatic N) is 4. The van der Waals surface area contributed by atoms with Gasteiger partial charge < -0.3 is 0 Å². The molecule has 244 valence electrons. The highest BCUT2D eigenvalue weighted by Crippen LogP contribution is 2.19. The van der Waals surface area contributed by atoms with Gasteiger partial charge in [-0.05, 0) is 73.7 Å². The smallest absolute Gasteiger partial charge is 0.261 e. The van der Waals surface area contributed by atoms with Gasteiger partial charge in [0.2, 0.25) is 0 Å². The minimum Gasteiger partial charge on any atom is -0.296 e. The Morgan fingerprint density at radius 3 is 1.78 bits per heavy atom. The molecule has 8 rings (SSSR count). The van der Waals surface area contributed by atoms with Crippen LogP contribution in [-0.4, -0.2) is 24.9 Å². The van der Waals surface area contributed by atoms with E-state index in [2.05, 4.69) is 11.8 Å². The molecular formula is C42H38N4O3. The van der Waals surface area contributed by atoms with E-state index < -0.39 is 0 Å². The van der Waals surface area contributed by atoms with Crippen molar-refractivity contribution in [1.29, 1.82) is 0 Å². The summed E-state index contributed by atoms with van der Waals surface area (Å²) in [5, 5.41) is 1.29. The molecule has 2 aliphatic heterocycles. The molecule has 7 heteroatoms. The molecule has 2 aromatic heterocycles. The second-order valence-corrected chi connectivity index (χ2v) is 12.8. The number of carbonyl (C=O) groups excluding carboxylic acids is 1. The van der Waals surface area contributed by atoms with Gasteiger partial charge in [0.15, 0.2) is 5.78 Å². The lowest BCUT2D eigenvalue weighted by Crippen LogP contribution is -2.24. The fourth-order valence-electron chi connectivity index (χ4n) is 6.64. The number of hydrogen-bond acceptors (Lipinski definition) is 5. The number of ketones is 1. The van der Waals surface area contributed by atoms with Crippen LogP contribution < -0.4 is 11.1 Å². The number of carbonyl (C=O) groups is 1. The summed E-state index contributed by atoms with van der Waals surface area (Å²) in [6.07, 6.45) is 8.59. The van der Waals surface area contributed by atoms with E-state index in [1.165, 1.54) is 0 Å². The Bertz CT molecular complexity index is 2330. The van der Waals surface area contributed by atoms with E-state index in [-0.39, 0.29) is 16.9 Å². The second-order valence-electron chi connectivity index (χ2n) is 12.8. The van der Waals surface area contributed by atoms with Crippen LogP contribution in [0, 0.1) is 11.8 Å². The van der Waals surface area contributed by atoms with Crippen LogP contribution in [-0.2, 0) is 32.4 Å². The van der Waals surface area contributed by atoms with Crippen LogP contribution in [0.1, 0.15) is 77.2 Å². The van der Waals surface area contributed by atoms with Gasteiger partial charge >= 0.3 is 0 Å². The molecule has 6 aromatic rings. The minimum atomic E-state index is 0.0176. The molecule has 4 aromatic carbocycles. The summed E-state index contributed by atoms with van der Waals surface area (Å²) in [7, 11) is 0. The molecule has 2 aliphatic rings. The highest BCUT2D eigenvalue weighted by Gasteiger charge is 2.16. The number of Topliss-reactive ketones (excluding diaryl/α,β-unsaturated/α-hetero) is 1. The van der Waals surface area contributed by atoms with Gasteiger partial charge in [0.05, 0.1) is 21.8 Å². The zero-order chi connectivity index (χ0) is 33.6. The third-order valence-corrected chi connectivity index (χ3v) is 9.29. The Hall–Kier alpha value is -5.61. The number of rotatable bonds is 3. The predicted molar refractivity (Wildman–Crippen MR) is 194 cm³/mol. The van der Waals surface area contributed by atoms with Gasteiger partial charge in [0, 0.05) is 49.0 Å². The van der Waals surface area contributed by atoms with Crippen LogP contribution in [0.2, 0.25) is 0 Å². The molecule has 0 unspecified atom stereocenters. The maximum atomic E-state index is 12.7. The maximum Gasteiger partial charge on any atom is 0.261 e. The van der Waals surface area contributed by atoms with E-state index in [4.69, 9.17) is 9.97 Å². The first-order chi connectivity index (χ1) is 24.0. The summed E-state index contributed by atoms with van der Waals surface area (Å²) < 4.78 is 3.66. The summed E-state index contributed by atoms with van der Waals surface area (Å²) in [6, 6.07) is 30.6. The van der Waals surface area contributed by atoms with Crippen LogP contribution >= 0.6 is 0 Å². The number of hydrogen-bond donors (Lipinski definition) is 0. The van der Waals surface area contributed by atoms with Crippen molar-refractivity contribution in [3.8, 4) is 11.8 Å². The van der Waals surface area contributed by atoms with Gasteiger partial charge in [0.1, 0.15) is 11.6 Å². The molecule has 0 atom stereocenters. The molecule has 0 saturated carbocycles. The van der Waals surface area contributed by atoms with Gasteiger partial charge in [-0.2, -0.15) is 0 Å². The third kappa shape index (κ3) is 7.29. The largest absolute Gasteiger partial charge is 0.296 e. The number of benzene rings is 4. The summed E-state index contributed by atoms with van der Waals surface area (Å²) in [5.41, 5.74) is 4.96. The van der Waals surface area contributed by atoms with Crippen molar-refractivity contribution >= 4 is 27.6 Å². The van der Waals surface area contributed by atoms with E-state index in [1.807, 2.05) is 83.4 Å². The van der Waals surface area contributed by atoms with E-state index in [9.17, 15) is 14.4 Å². The van der Waals surface area contributed by atoms with Gasteiger partial charge in [-0.25, -0.2) is 9.97 Å². The number of fused-ring (bicyclic) bond motifs is 4. The summed E-state index contributed by atoms with van der Waals surface area (Å²) >= 11 is 0. The van der Waals surface area contributed by atoms with Crippen molar-refractivity contribution in [3.05, 3.63) is 152 Å². The Morgan fingerprint density at radius 2 is 1.14 bits per heavy atom. The molecule has 0 bridgehead atoms. The van der Waals surface area contributed by atoms with Crippen molar-refractivity contribution in [2.24, 2.45) is 0 Å². The van der Waals surface area contributed by atoms with E-state index in [1.54, 1.807) is 22.8 Å². The standard InChI is InChI=1S/C21H20N2O2.C21H18N2O/c24-19(13-15-7-3-1-4-8-15)16-10-11-17-18(14-16)22-20-9-5-2-6-12-23(20)21(17)25;24-21-18-13-12-17(11-10-16-7-3-1-4-8-16)15-19(18)22-20-9-5-2-6-14-23(20)21/h1,3-4,7-8,10-11,14H,2,5-6,9,12-13H2;1,3-4,7-8,12-13,15H,2,5-6,9,14H2. The zero-order valence-electron chi connectivity index (χ0n) is 27.5. The SMILES string of the molecule is O=C(Cc1ccccc1)c1ccc2c(=O)n3c(nc2c1)CCCCC3.O=c1c2ccc(C#Cc3ccccc3)cc2nc2n1CCCCC2. The fraction of sp³-hybridized carbons (Fsp3) is 0.262. The first-order valence-corrected chi connectivity index (χ1v) is 17.2. The topological polar surface area (TPSA) is 86.8 Å². The second kappa shape index (κ2) is 14.7. The van der Waals surface area contributed by atoms with Gasteiger partial charge in [-0.15, -0.1) is 0 Å². The van der Waals surface area contributed by atoms with Crippen LogP contribution in [0.5, 0.6) is 0 Å². The molecular weight excluding hydrogens is 608 g/mol. The predicted octanol–water partition coefficient (Wildman–Crippen LogP) is 7.07. The monoisotopic (exact) mass is 646 g/mol. The molecule has 7 nitrogen and oxygen atoms in total. The maximum absolute atomic E-state index is 12.7. The van der Waals surface area contributed by atoms with E-state index in [0.29, 0.717) is 28.3 Å². The quantitative estimate of drug-likeness (QED) is 0.152. The first kappa shape index (κ1) is 32.0. The van der Waals surface area contributed by atoms with Crippen LogP contribution in [0.3, 0.4) is 0 Å². The molecule has 0 spiro atoms. The van der Waals surface area contributed by atoms with Crippen LogP contribution in [0.15, 0.2) is 107 Å². The van der Waals surface area contributed by atoms with Crippen molar-refractivity contribution in [2.45, 2.75) is 70.9 Å². The van der Waals surface area contributed by atoms with Crippen molar-refractivity contribution in [1.82, 2.24) is 19.1 Å². The lowest BCUT2D eigenvalue weighted by molar-refractivity contribution is 0.0993. The van der Waals surface area contributed by atoms with Crippen molar-refractivity contribution < 1.29 is 4.79 Å². The fourth-order valence-corrected chi connectivity index (χ4v) is 6.64. The molecule has 0 N–H and O–H groups in total. The lowest BCUT2D eigenvalue weighted by Gasteiger charge is -2.10. The Kier molecular flexibility index (Phi) is 9.56. The average Bonchev–Trinajstić information content (AvgIpc) is 3.53. The molecule has 4 heterocycles. The summed E-state index contributed by atoms with van der Waals surface area (Å²) in [5.74, 6) is 8.13. The molecule has 0 amide bonds. The molecule has 49 heavy (non-hydrogen) atoms. The van der Waals surface area contributed by atoms with Gasteiger partial charge in [0.25, 0.3) is 11.1 Å². The number of aromatic nitrogens is 4. The zero-order valence-corrected chi connectivity index (χ0v) is 27.5. The Labute approximate surface area is 285 Å². The van der Waals surface area contributed by atoms with E-state index >= 15 is 0 Å². The molecule has 0 aliphatic carbocycles. The van der Waals surface area contributed by atoms with Crippen LogP contribution in [0.4, 0.5) is 0 Å². The molecule has 0 saturated heterocycles. The average molecular weight is 647 g/mol. The first-order valence-electron chi connectivity index (χ1n) is 17.2. The lowest BCUT2D eigenvalue weighted by atomic mass is 10.0. The van der Waals surface area contributed by atoms with Crippen molar-refractivity contribution in [3.63, 3.8) is 0 Å². The summed E-state index contributed by atoms with van der Waals surface area (Å²) in [6.45, 7) is 1.53.